The van der Waals surface area contributed by atoms with E-state index >= 15 is 0 Å². The number of esters is 1. The van der Waals surface area contributed by atoms with Crippen LogP contribution in [0.1, 0.15) is 37.0 Å². The van der Waals surface area contributed by atoms with E-state index in [0.717, 1.165) is 12.8 Å². The predicted molar refractivity (Wildman–Crippen MR) is 80.2 cm³/mol. The maximum absolute atomic E-state index is 12.1. The van der Waals surface area contributed by atoms with Gasteiger partial charge in [-0.2, -0.15) is 0 Å². The van der Waals surface area contributed by atoms with Gasteiger partial charge in [-0.25, -0.2) is 4.79 Å². The number of nitrogens with one attached hydrogen (secondary N) is 1. The molecule has 1 atom stereocenters. The minimum atomic E-state index is -0.828. The standard InChI is InChI=1S/C16H21NO5/c1-4-21-13-8-5-11(9-14(13)20-3)16(19)22-10(2)15(18)17-12-6-7-12/h5,8-10,12H,4,6-7H2,1-3H3,(H,17,18)/t10-/m1/s1. The van der Waals surface area contributed by atoms with Crippen LogP contribution in [0.15, 0.2) is 18.2 Å². The maximum atomic E-state index is 12.1. The number of methoxy groups -OCH3 is 1. The van der Waals surface area contributed by atoms with Crippen LogP contribution in [0.25, 0.3) is 0 Å². The fourth-order valence-corrected chi connectivity index (χ4v) is 1.90. The molecule has 1 aromatic rings. The number of ether oxygens (including phenoxy) is 3. The molecule has 6 nitrogen and oxygen atoms in total. The highest BCUT2D eigenvalue weighted by Crippen LogP contribution is 2.28. The molecular formula is C16H21NO5. The molecule has 1 amide bonds. The van der Waals surface area contributed by atoms with E-state index in [0.29, 0.717) is 23.7 Å². The van der Waals surface area contributed by atoms with Crippen LogP contribution in [0, 0.1) is 0 Å². The summed E-state index contributed by atoms with van der Waals surface area (Å²) >= 11 is 0. The normalized spacial score (nSPS) is 14.9. The number of hydrogen-bond donors (Lipinski definition) is 1. The topological polar surface area (TPSA) is 73.9 Å². The summed E-state index contributed by atoms with van der Waals surface area (Å²) in [4.78, 5) is 23.9. The van der Waals surface area contributed by atoms with E-state index in [1.54, 1.807) is 25.1 Å². The van der Waals surface area contributed by atoms with Gasteiger partial charge in [-0.3, -0.25) is 4.79 Å². The first kappa shape index (κ1) is 16.1. The van der Waals surface area contributed by atoms with Crippen molar-refractivity contribution in [2.75, 3.05) is 13.7 Å². The van der Waals surface area contributed by atoms with Gasteiger partial charge in [0.15, 0.2) is 17.6 Å². The SMILES string of the molecule is CCOc1ccc(C(=O)O[C@H](C)C(=O)NC2CC2)cc1OC. The highest BCUT2D eigenvalue weighted by atomic mass is 16.5. The Bertz CT molecular complexity index is 553. The molecule has 1 aliphatic rings. The van der Waals surface area contributed by atoms with E-state index in [1.165, 1.54) is 7.11 Å². The first-order chi connectivity index (χ1) is 10.5. The summed E-state index contributed by atoms with van der Waals surface area (Å²) in [5.41, 5.74) is 0.311. The molecule has 0 heterocycles. The van der Waals surface area contributed by atoms with E-state index in [-0.39, 0.29) is 11.9 Å². The molecule has 1 aromatic carbocycles. The van der Waals surface area contributed by atoms with Gasteiger partial charge in [0.2, 0.25) is 0 Å². The zero-order chi connectivity index (χ0) is 16.1. The summed E-state index contributed by atoms with van der Waals surface area (Å²) in [5, 5.41) is 2.80. The fourth-order valence-electron chi connectivity index (χ4n) is 1.90. The molecule has 2 rings (SSSR count). The minimum Gasteiger partial charge on any atom is -0.493 e. The average Bonchev–Trinajstić information content (AvgIpc) is 3.31. The van der Waals surface area contributed by atoms with Crippen LogP contribution in [0.3, 0.4) is 0 Å². The van der Waals surface area contributed by atoms with E-state index < -0.39 is 12.1 Å². The van der Waals surface area contributed by atoms with Gasteiger partial charge in [0.05, 0.1) is 19.3 Å². The molecule has 1 aliphatic carbocycles. The molecule has 0 saturated heterocycles. The van der Waals surface area contributed by atoms with Crippen LogP contribution >= 0.6 is 0 Å². The summed E-state index contributed by atoms with van der Waals surface area (Å²) in [7, 11) is 1.50. The summed E-state index contributed by atoms with van der Waals surface area (Å²) in [6.45, 7) is 3.92. The van der Waals surface area contributed by atoms with Crippen molar-refractivity contribution in [3.8, 4) is 11.5 Å². The van der Waals surface area contributed by atoms with Gasteiger partial charge in [-0.1, -0.05) is 0 Å². The average molecular weight is 307 g/mol. The lowest BCUT2D eigenvalue weighted by Crippen LogP contribution is -2.37. The molecular weight excluding hydrogens is 286 g/mol. The van der Waals surface area contributed by atoms with E-state index in [1.807, 2.05) is 6.92 Å². The molecule has 120 valence electrons. The molecule has 1 fully saturated rings. The zero-order valence-corrected chi connectivity index (χ0v) is 13.0. The lowest BCUT2D eigenvalue weighted by molar-refractivity contribution is -0.129. The van der Waals surface area contributed by atoms with Crippen LogP contribution in [-0.2, 0) is 9.53 Å². The Morgan fingerprint density at radius 1 is 1.32 bits per heavy atom. The Morgan fingerprint density at radius 2 is 2.05 bits per heavy atom. The highest BCUT2D eigenvalue weighted by Gasteiger charge is 2.27. The Balaban J connectivity index is 2.00. The van der Waals surface area contributed by atoms with Crippen molar-refractivity contribution in [2.24, 2.45) is 0 Å². The molecule has 1 saturated carbocycles. The zero-order valence-electron chi connectivity index (χ0n) is 13.0. The van der Waals surface area contributed by atoms with Crippen molar-refractivity contribution in [1.82, 2.24) is 5.32 Å². The molecule has 0 radical (unpaired) electrons. The lowest BCUT2D eigenvalue weighted by atomic mass is 10.2. The molecule has 0 aromatic heterocycles. The highest BCUT2D eigenvalue weighted by molar-refractivity contribution is 5.93. The number of benzene rings is 1. The van der Waals surface area contributed by atoms with Gasteiger partial charge >= 0.3 is 5.97 Å². The molecule has 1 N–H and O–H groups in total. The van der Waals surface area contributed by atoms with Crippen LogP contribution in [-0.4, -0.2) is 37.7 Å². The van der Waals surface area contributed by atoms with Gasteiger partial charge in [0, 0.05) is 6.04 Å². The van der Waals surface area contributed by atoms with Crippen molar-refractivity contribution in [3.63, 3.8) is 0 Å². The first-order valence-electron chi connectivity index (χ1n) is 7.37. The second-order valence-electron chi connectivity index (χ2n) is 5.13. The summed E-state index contributed by atoms with van der Waals surface area (Å²) in [6, 6.07) is 5.01. The molecule has 22 heavy (non-hydrogen) atoms. The third-order valence-corrected chi connectivity index (χ3v) is 3.28. The third-order valence-electron chi connectivity index (χ3n) is 3.28. The second-order valence-corrected chi connectivity index (χ2v) is 5.13. The van der Waals surface area contributed by atoms with Crippen LogP contribution in [0.2, 0.25) is 0 Å². The lowest BCUT2D eigenvalue weighted by Gasteiger charge is -2.14. The van der Waals surface area contributed by atoms with Crippen molar-refractivity contribution in [2.45, 2.75) is 38.8 Å². The van der Waals surface area contributed by atoms with Crippen LogP contribution < -0.4 is 14.8 Å². The number of amides is 1. The minimum absolute atomic E-state index is 0.235. The van der Waals surface area contributed by atoms with E-state index in [9.17, 15) is 9.59 Å². The smallest absolute Gasteiger partial charge is 0.339 e. The van der Waals surface area contributed by atoms with E-state index in [2.05, 4.69) is 5.32 Å². The predicted octanol–water partition coefficient (Wildman–Crippen LogP) is 1.92. The van der Waals surface area contributed by atoms with Crippen LogP contribution in [0.4, 0.5) is 0 Å². The number of carbonyl (C=O) groups excluding carboxylic acids is 2. The number of hydrogen-bond acceptors (Lipinski definition) is 5. The molecule has 6 heteroatoms. The Kier molecular flexibility index (Phi) is 5.25. The van der Waals surface area contributed by atoms with E-state index in [4.69, 9.17) is 14.2 Å². The monoisotopic (exact) mass is 307 g/mol. The Labute approximate surface area is 129 Å². The van der Waals surface area contributed by atoms with Gasteiger partial charge < -0.3 is 19.5 Å². The first-order valence-corrected chi connectivity index (χ1v) is 7.37. The van der Waals surface area contributed by atoms with Gasteiger partial charge in [-0.05, 0) is 44.9 Å². The Hall–Kier alpha value is -2.24. The maximum Gasteiger partial charge on any atom is 0.339 e. The summed E-state index contributed by atoms with van der Waals surface area (Å²) in [5.74, 6) is 0.168. The summed E-state index contributed by atoms with van der Waals surface area (Å²) in [6.07, 6.45) is 1.15. The summed E-state index contributed by atoms with van der Waals surface area (Å²) < 4.78 is 15.8. The third kappa shape index (κ3) is 4.13. The van der Waals surface area contributed by atoms with Crippen LogP contribution in [0.5, 0.6) is 11.5 Å². The van der Waals surface area contributed by atoms with Gasteiger partial charge in [0.1, 0.15) is 0 Å². The van der Waals surface area contributed by atoms with Crippen molar-refractivity contribution in [1.29, 1.82) is 0 Å². The Morgan fingerprint density at radius 3 is 2.64 bits per heavy atom. The number of rotatable bonds is 7. The van der Waals surface area contributed by atoms with Gasteiger partial charge in [0.25, 0.3) is 5.91 Å². The van der Waals surface area contributed by atoms with Crippen molar-refractivity contribution < 1.29 is 23.8 Å². The second kappa shape index (κ2) is 7.15. The molecule has 0 spiro atoms. The molecule has 0 aliphatic heterocycles. The largest absolute Gasteiger partial charge is 0.493 e. The number of carbonyl (C=O) groups is 2. The molecule has 0 bridgehead atoms. The van der Waals surface area contributed by atoms with Gasteiger partial charge in [-0.15, -0.1) is 0 Å². The quantitative estimate of drug-likeness (QED) is 0.779. The molecule has 0 unspecified atom stereocenters. The fraction of sp³-hybridized carbons (Fsp3) is 0.500. The van der Waals surface area contributed by atoms with Crippen molar-refractivity contribution >= 4 is 11.9 Å². The van der Waals surface area contributed by atoms with Crippen molar-refractivity contribution in [3.05, 3.63) is 23.8 Å².